The van der Waals surface area contributed by atoms with E-state index < -0.39 is 0 Å². The van der Waals surface area contributed by atoms with E-state index in [0.29, 0.717) is 5.92 Å². The van der Waals surface area contributed by atoms with E-state index in [1.807, 2.05) is 18.7 Å². The van der Waals surface area contributed by atoms with Crippen LogP contribution in [0.3, 0.4) is 0 Å². The fourth-order valence-electron chi connectivity index (χ4n) is 2.07. The highest BCUT2D eigenvalue weighted by atomic mass is 15.0. The van der Waals surface area contributed by atoms with Crippen LogP contribution in [0.1, 0.15) is 17.5 Å². The lowest BCUT2D eigenvalue weighted by molar-refractivity contribution is 0.755. The smallest absolute Gasteiger partial charge is 0.105 e. The molecule has 1 unspecified atom stereocenters. The van der Waals surface area contributed by atoms with Gasteiger partial charge in [-0.2, -0.15) is 0 Å². The van der Waals surface area contributed by atoms with Crippen LogP contribution in [0, 0.1) is 24.3 Å². The molecule has 3 nitrogen and oxygen atoms in total. The normalized spacial score (nSPS) is 21.3. The second kappa shape index (κ2) is 4.60. The maximum atomic E-state index is 4.08. The summed E-state index contributed by atoms with van der Waals surface area (Å²) in [5.41, 5.74) is 3.25. The highest BCUT2D eigenvalue weighted by Crippen LogP contribution is 2.21. The van der Waals surface area contributed by atoms with Crippen molar-refractivity contribution in [2.24, 2.45) is 10.9 Å². The van der Waals surface area contributed by atoms with Crippen LogP contribution in [0.25, 0.3) is 0 Å². The summed E-state index contributed by atoms with van der Waals surface area (Å²) in [7, 11) is 0. The summed E-state index contributed by atoms with van der Waals surface area (Å²) in [5.74, 6) is 7.07. The van der Waals surface area contributed by atoms with Crippen molar-refractivity contribution in [3.63, 3.8) is 0 Å². The van der Waals surface area contributed by atoms with Crippen molar-refractivity contribution in [3.05, 3.63) is 35.9 Å². The highest BCUT2D eigenvalue weighted by molar-refractivity contribution is 5.81. The molecule has 0 aliphatic carbocycles. The SMILES string of the molecule is C(#CC1CCNC1)c1ccc2c(c1)[CH]N=CN2. The molecule has 1 aromatic carbocycles. The largest absolute Gasteiger partial charge is 0.346 e. The van der Waals surface area contributed by atoms with E-state index in [0.717, 1.165) is 36.3 Å². The minimum atomic E-state index is 0.506. The Morgan fingerprint density at radius 1 is 1.35 bits per heavy atom. The minimum Gasteiger partial charge on any atom is -0.346 e. The van der Waals surface area contributed by atoms with Gasteiger partial charge in [0.15, 0.2) is 0 Å². The van der Waals surface area contributed by atoms with Crippen LogP contribution in [0.2, 0.25) is 0 Å². The predicted octanol–water partition coefficient (Wildman–Crippen LogP) is 1.61. The van der Waals surface area contributed by atoms with Gasteiger partial charge in [-0.15, -0.1) is 0 Å². The van der Waals surface area contributed by atoms with Gasteiger partial charge in [0, 0.05) is 29.3 Å². The number of nitrogens with one attached hydrogen (secondary N) is 2. The number of nitrogens with zero attached hydrogens (tertiary/aromatic N) is 1. The first kappa shape index (κ1) is 10.4. The molecule has 0 spiro atoms. The highest BCUT2D eigenvalue weighted by Gasteiger charge is 2.10. The molecule has 2 N–H and O–H groups in total. The first-order valence-corrected chi connectivity index (χ1v) is 5.89. The van der Waals surface area contributed by atoms with E-state index in [4.69, 9.17) is 0 Å². The molecule has 1 saturated heterocycles. The van der Waals surface area contributed by atoms with Gasteiger partial charge < -0.3 is 10.6 Å². The third-order valence-corrected chi connectivity index (χ3v) is 3.04. The van der Waals surface area contributed by atoms with E-state index in [1.165, 1.54) is 0 Å². The third kappa shape index (κ3) is 2.32. The summed E-state index contributed by atoms with van der Waals surface area (Å²) in [5, 5.41) is 6.43. The van der Waals surface area contributed by atoms with Gasteiger partial charge in [-0.1, -0.05) is 11.8 Å². The topological polar surface area (TPSA) is 36.4 Å². The van der Waals surface area contributed by atoms with Crippen LogP contribution < -0.4 is 10.6 Å². The van der Waals surface area contributed by atoms with Crippen molar-refractivity contribution in [1.82, 2.24) is 5.32 Å². The van der Waals surface area contributed by atoms with Gasteiger partial charge in [-0.05, 0) is 31.2 Å². The molecule has 17 heavy (non-hydrogen) atoms. The van der Waals surface area contributed by atoms with Gasteiger partial charge in [0.25, 0.3) is 0 Å². The number of benzene rings is 1. The number of fused-ring (bicyclic) bond motifs is 1. The van der Waals surface area contributed by atoms with Crippen molar-refractivity contribution in [2.45, 2.75) is 6.42 Å². The van der Waals surface area contributed by atoms with E-state index in [1.54, 1.807) is 6.34 Å². The summed E-state index contributed by atoms with van der Waals surface area (Å²) >= 11 is 0. The summed E-state index contributed by atoms with van der Waals surface area (Å²) in [6, 6.07) is 6.18. The molecule has 1 aromatic rings. The molecule has 2 heterocycles. The Morgan fingerprint density at radius 3 is 3.24 bits per heavy atom. The molecular weight excluding hydrogens is 210 g/mol. The van der Waals surface area contributed by atoms with Crippen molar-refractivity contribution < 1.29 is 0 Å². The number of rotatable bonds is 0. The Kier molecular flexibility index (Phi) is 2.81. The quantitative estimate of drug-likeness (QED) is 0.657. The summed E-state index contributed by atoms with van der Waals surface area (Å²) in [6.07, 6.45) is 2.85. The number of hydrogen-bond donors (Lipinski definition) is 2. The standard InChI is InChI=1S/C14H14N3/c1(2-12-5-6-15-8-12)11-3-4-14-13(7-11)9-16-10-17-14/h3-4,7,9-10,12,15H,5-6,8H2,(H,16,17). The van der Waals surface area contributed by atoms with Crippen molar-refractivity contribution in [2.75, 3.05) is 18.4 Å². The van der Waals surface area contributed by atoms with Crippen molar-refractivity contribution in [1.29, 1.82) is 0 Å². The lowest BCUT2D eigenvalue weighted by atomic mass is 10.1. The summed E-state index contributed by atoms with van der Waals surface area (Å²) in [4.78, 5) is 4.08. The maximum absolute atomic E-state index is 4.08. The monoisotopic (exact) mass is 224 g/mol. The van der Waals surface area contributed by atoms with Gasteiger partial charge >= 0.3 is 0 Å². The lowest BCUT2D eigenvalue weighted by Crippen LogP contribution is -2.07. The molecule has 3 heteroatoms. The zero-order valence-corrected chi connectivity index (χ0v) is 9.53. The number of hydrogen-bond acceptors (Lipinski definition) is 3. The average molecular weight is 224 g/mol. The van der Waals surface area contributed by atoms with E-state index >= 15 is 0 Å². The Labute approximate surface area is 101 Å². The Morgan fingerprint density at radius 2 is 2.35 bits per heavy atom. The van der Waals surface area contributed by atoms with E-state index in [2.05, 4.69) is 33.5 Å². The van der Waals surface area contributed by atoms with Gasteiger partial charge in [0.2, 0.25) is 0 Å². The first-order valence-electron chi connectivity index (χ1n) is 5.89. The molecule has 1 fully saturated rings. The molecule has 1 radical (unpaired) electrons. The Balaban J connectivity index is 1.80. The molecule has 2 aliphatic rings. The van der Waals surface area contributed by atoms with Crippen LogP contribution in [0.4, 0.5) is 5.69 Å². The van der Waals surface area contributed by atoms with Crippen LogP contribution in [0.5, 0.6) is 0 Å². The summed E-state index contributed by atoms with van der Waals surface area (Å²) in [6.45, 7) is 3.97. The Hall–Kier alpha value is -1.79. The van der Waals surface area contributed by atoms with Crippen LogP contribution >= 0.6 is 0 Å². The summed E-state index contributed by atoms with van der Waals surface area (Å²) < 4.78 is 0. The molecule has 2 aliphatic heterocycles. The molecule has 1 atom stereocenters. The van der Waals surface area contributed by atoms with Crippen molar-refractivity contribution in [3.8, 4) is 11.8 Å². The van der Waals surface area contributed by atoms with Gasteiger partial charge in [-0.3, -0.25) is 4.99 Å². The molecule has 0 aromatic heterocycles. The number of aliphatic imine (C=N–C) groups is 1. The molecular formula is C14H14N3. The third-order valence-electron chi connectivity index (χ3n) is 3.04. The molecule has 0 bridgehead atoms. The predicted molar refractivity (Wildman–Crippen MR) is 69.8 cm³/mol. The Bertz CT molecular complexity index is 502. The zero-order chi connectivity index (χ0) is 11.5. The van der Waals surface area contributed by atoms with Gasteiger partial charge in [0.05, 0.1) is 6.34 Å². The second-order valence-corrected chi connectivity index (χ2v) is 4.31. The molecule has 3 rings (SSSR count). The molecule has 0 saturated carbocycles. The zero-order valence-electron chi connectivity index (χ0n) is 9.53. The maximum Gasteiger partial charge on any atom is 0.105 e. The lowest BCUT2D eigenvalue weighted by Gasteiger charge is -2.11. The van der Waals surface area contributed by atoms with Crippen molar-refractivity contribution >= 4 is 12.0 Å². The molecule has 0 amide bonds. The average Bonchev–Trinajstić information content (AvgIpc) is 2.89. The van der Waals surface area contributed by atoms with Crippen LogP contribution in [0.15, 0.2) is 23.2 Å². The second-order valence-electron chi connectivity index (χ2n) is 4.31. The minimum absolute atomic E-state index is 0.506. The van der Waals surface area contributed by atoms with Gasteiger partial charge in [-0.25, -0.2) is 0 Å². The number of anilines is 1. The first-order chi connectivity index (χ1) is 8.42. The fourth-order valence-corrected chi connectivity index (χ4v) is 2.07. The van der Waals surface area contributed by atoms with Crippen LogP contribution in [-0.2, 0) is 0 Å². The molecule has 85 valence electrons. The van der Waals surface area contributed by atoms with Gasteiger partial charge in [0.1, 0.15) is 6.54 Å². The van der Waals surface area contributed by atoms with E-state index in [9.17, 15) is 0 Å². The van der Waals surface area contributed by atoms with Crippen LogP contribution in [-0.4, -0.2) is 19.4 Å². The fraction of sp³-hybridized carbons (Fsp3) is 0.286. The van der Waals surface area contributed by atoms with E-state index in [-0.39, 0.29) is 0 Å².